The molecule has 1 unspecified atom stereocenters. The molecule has 7 nitrogen and oxygen atoms in total. The van der Waals surface area contributed by atoms with Gasteiger partial charge in [-0.2, -0.15) is 0 Å². The van der Waals surface area contributed by atoms with Crippen molar-refractivity contribution < 1.29 is 19.2 Å². The number of rotatable bonds is 7. The van der Waals surface area contributed by atoms with Crippen molar-refractivity contribution in [1.29, 1.82) is 0 Å². The molecule has 2 aromatic rings. The third-order valence-electron chi connectivity index (χ3n) is 3.89. The van der Waals surface area contributed by atoms with Crippen molar-refractivity contribution in [3.8, 4) is 11.5 Å². The maximum Gasteiger partial charge on any atom is 0.296 e. The zero-order chi connectivity index (χ0) is 19.3. The third-order valence-corrected chi connectivity index (χ3v) is 3.89. The van der Waals surface area contributed by atoms with Gasteiger partial charge in [0, 0.05) is 0 Å². The number of ether oxygens (including phenoxy) is 2. The summed E-state index contributed by atoms with van der Waals surface area (Å²) in [5.74, 6) is 0.817. The van der Waals surface area contributed by atoms with Crippen molar-refractivity contribution in [3.05, 3.63) is 58.1 Å². The predicted octanol–water partition coefficient (Wildman–Crippen LogP) is 4.13. The van der Waals surface area contributed by atoms with Gasteiger partial charge in [-0.25, -0.2) is 0 Å². The molecule has 2 rings (SSSR count). The molecular weight excluding hydrogens is 336 g/mol. The molecule has 1 amide bonds. The third kappa shape index (κ3) is 4.72. The molecule has 0 aromatic heterocycles. The Morgan fingerprint density at radius 3 is 2.23 bits per heavy atom. The van der Waals surface area contributed by atoms with Crippen LogP contribution < -0.4 is 14.8 Å². The van der Waals surface area contributed by atoms with Crippen LogP contribution in [0.1, 0.15) is 32.3 Å². The Balaban J connectivity index is 2.08. The minimum absolute atomic E-state index is 0.0893. The van der Waals surface area contributed by atoms with Crippen molar-refractivity contribution in [2.24, 2.45) is 0 Å². The van der Waals surface area contributed by atoms with E-state index in [1.165, 1.54) is 24.8 Å². The first-order valence-electron chi connectivity index (χ1n) is 8.21. The van der Waals surface area contributed by atoms with Crippen LogP contribution in [-0.2, 0) is 4.79 Å². The van der Waals surface area contributed by atoms with E-state index >= 15 is 0 Å². The monoisotopic (exact) mass is 358 g/mol. The van der Waals surface area contributed by atoms with E-state index < -0.39 is 16.9 Å². The van der Waals surface area contributed by atoms with Crippen LogP contribution in [0, 0.1) is 10.1 Å². The molecule has 0 saturated heterocycles. The molecule has 0 radical (unpaired) electrons. The summed E-state index contributed by atoms with van der Waals surface area (Å²) in [5, 5.41) is 13.7. The molecule has 1 N–H and O–H groups in total. The number of carbonyl (C=O) groups excluding carboxylic acids is 1. The molecule has 0 aliphatic carbocycles. The van der Waals surface area contributed by atoms with E-state index in [4.69, 9.17) is 9.47 Å². The van der Waals surface area contributed by atoms with Crippen LogP contribution in [0.15, 0.2) is 42.5 Å². The molecule has 0 spiro atoms. The van der Waals surface area contributed by atoms with E-state index in [0.717, 1.165) is 0 Å². The summed E-state index contributed by atoms with van der Waals surface area (Å²) in [6.07, 6.45) is -0.818. The zero-order valence-electron chi connectivity index (χ0n) is 15.2. The Kier molecular flexibility index (Phi) is 6.16. The highest BCUT2D eigenvalue weighted by Crippen LogP contribution is 2.29. The first kappa shape index (κ1) is 19.2. The van der Waals surface area contributed by atoms with Gasteiger partial charge in [0.1, 0.15) is 17.2 Å². The Morgan fingerprint density at radius 1 is 1.08 bits per heavy atom. The molecule has 2 aromatic carbocycles. The van der Waals surface area contributed by atoms with Crippen LogP contribution in [0.4, 0.5) is 11.4 Å². The molecule has 26 heavy (non-hydrogen) atoms. The van der Waals surface area contributed by atoms with E-state index in [1.807, 2.05) is 12.1 Å². The molecule has 0 bridgehead atoms. The van der Waals surface area contributed by atoms with Crippen LogP contribution in [0.2, 0.25) is 0 Å². The van der Waals surface area contributed by atoms with Gasteiger partial charge < -0.3 is 14.8 Å². The summed E-state index contributed by atoms with van der Waals surface area (Å²) in [6.45, 7) is 5.77. The first-order chi connectivity index (χ1) is 12.3. The highest BCUT2D eigenvalue weighted by Gasteiger charge is 2.21. The Hall–Kier alpha value is -3.09. The van der Waals surface area contributed by atoms with Gasteiger partial charge in [-0.3, -0.25) is 14.9 Å². The summed E-state index contributed by atoms with van der Waals surface area (Å²) in [7, 11) is 1.41. The number of nitro groups is 1. The van der Waals surface area contributed by atoms with E-state index in [1.54, 1.807) is 25.1 Å². The van der Waals surface area contributed by atoms with Gasteiger partial charge in [0.05, 0.1) is 18.1 Å². The fraction of sp³-hybridized carbons (Fsp3) is 0.316. The van der Waals surface area contributed by atoms with Crippen molar-refractivity contribution in [2.75, 3.05) is 12.4 Å². The van der Waals surface area contributed by atoms with Gasteiger partial charge in [0.2, 0.25) is 0 Å². The highest BCUT2D eigenvalue weighted by molar-refractivity contribution is 5.96. The number of nitrogens with one attached hydrogen (secondary N) is 1. The van der Waals surface area contributed by atoms with Crippen LogP contribution in [0.3, 0.4) is 0 Å². The number of methoxy groups -OCH3 is 1. The molecule has 1 atom stereocenters. The number of anilines is 1. The van der Waals surface area contributed by atoms with Gasteiger partial charge in [-0.1, -0.05) is 26.0 Å². The van der Waals surface area contributed by atoms with Crippen LogP contribution in [-0.4, -0.2) is 24.0 Å². The number of carbonyl (C=O) groups is 1. The summed E-state index contributed by atoms with van der Waals surface area (Å²) >= 11 is 0. The number of hydrogen-bond donors (Lipinski definition) is 1. The zero-order valence-corrected chi connectivity index (χ0v) is 15.2. The van der Waals surface area contributed by atoms with Crippen molar-refractivity contribution in [1.82, 2.24) is 0 Å². The van der Waals surface area contributed by atoms with Gasteiger partial charge in [-0.05, 0) is 42.7 Å². The molecular formula is C19H22N2O5. The second-order valence-electron chi connectivity index (χ2n) is 6.11. The molecule has 7 heteroatoms. The normalized spacial score (nSPS) is 11.7. The van der Waals surface area contributed by atoms with E-state index in [9.17, 15) is 14.9 Å². The molecule has 0 aliphatic rings. The number of hydrogen-bond acceptors (Lipinski definition) is 5. The lowest BCUT2D eigenvalue weighted by atomic mass is 10.0. The van der Waals surface area contributed by atoms with Crippen molar-refractivity contribution >= 4 is 17.3 Å². The highest BCUT2D eigenvalue weighted by atomic mass is 16.6. The Morgan fingerprint density at radius 2 is 1.69 bits per heavy atom. The van der Waals surface area contributed by atoms with Crippen LogP contribution in [0.25, 0.3) is 0 Å². The minimum atomic E-state index is -0.818. The second kappa shape index (κ2) is 8.33. The standard InChI is InChI=1S/C19H22N2O5/c1-12(2)14-5-7-15(8-6-14)26-13(3)19(22)20-17-10-9-16(25-4)11-18(17)21(23)24/h5-13H,1-4H3,(H,20,22). The Labute approximate surface area is 152 Å². The lowest BCUT2D eigenvalue weighted by molar-refractivity contribution is -0.384. The Bertz CT molecular complexity index is 787. The summed E-state index contributed by atoms with van der Waals surface area (Å²) in [5.41, 5.74) is 1.01. The number of nitrogens with zero attached hydrogens (tertiary/aromatic N) is 1. The first-order valence-corrected chi connectivity index (χ1v) is 8.21. The number of benzene rings is 2. The average molecular weight is 358 g/mol. The average Bonchev–Trinajstić information content (AvgIpc) is 2.62. The largest absolute Gasteiger partial charge is 0.496 e. The fourth-order valence-electron chi connectivity index (χ4n) is 2.32. The van der Waals surface area contributed by atoms with Gasteiger partial charge >= 0.3 is 0 Å². The minimum Gasteiger partial charge on any atom is -0.496 e. The quantitative estimate of drug-likeness (QED) is 0.593. The summed E-state index contributed by atoms with van der Waals surface area (Å²) in [4.78, 5) is 22.9. The summed E-state index contributed by atoms with van der Waals surface area (Å²) in [6, 6.07) is 11.7. The fourth-order valence-corrected chi connectivity index (χ4v) is 2.32. The molecule has 0 saturated carbocycles. The second-order valence-corrected chi connectivity index (χ2v) is 6.11. The van der Waals surface area contributed by atoms with E-state index in [2.05, 4.69) is 19.2 Å². The van der Waals surface area contributed by atoms with Crippen LogP contribution >= 0.6 is 0 Å². The van der Waals surface area contributed by atoms with Crippen molar-refractivity contribution in [3.63, 3.8) is 0 Å². The van der Waals surface area contributed by atoms with Gasteiger partial charge in [0.15, 0.2) is 6.10 Å². The maximum atomic E-state index is 12.3. The van der Waals surface area contributed by atoms with E-state index in [-0.39, 0.29) is 11.4 Å². The topological polar surface area (TPSA) is 90.7 Å². The molecule has 138 valence electrons. The summed E-state index contributed by atoms with van der Waals surface area (Å²) < 4.78 is 10.6. The predicted molar refractivity (Wildman–Crippen MR) is 98.9 cm³/mol. The van der Waals surface area contributed by atoms with Crippen molar-refractivity contribution in [2.45, 2.75) is 32.8 Å². The van der Waals surface area contributed by atoms with E-state index in [0.29, 0.717) is 17.4 Å². The van der Waals surface area contributed by atoms with Gasteiger partial charge in [-0.15, -0.1) is 0 Å². The SMILES string of the molecule is COc1ccc(NC(=O)C(C)Oc2ccc(C(C)C)cc2)c([N+](=O)[O-])c1. The smallest absolute Gasteiger partial charge is 0.296 e. The molecule has 0 fully saturated rings. The van der Waals surface area contributed by atoms with Crippen LogP contribution in [0.5, 0.6) is 11.5 Å². The van der Waals surface area contributed by atoms with Gasteiger partial charge in [0.25, 0.3) is 11.6 Å². The lowest BCUT2D eigenvalue weighted by Crippen LogP contribution is -2.30. The number of amides is 1. The molecule has 0 heterocycles. The lowest BCUT2D eigenvalue weighted by Gasteiger charge is -2.15. The maximum absolute atomic E-state index is 12.3. The molecule has 0 aliphatic heterocycles. The number of nitro benzene ring substituents is 1.